The Bertz CT molecular complexity index is 1130. The summed E-state index contributed by atoms with van der Waals surface area (Å²) in [5.74, 6) is 0.300. The molecule has 1 heteroatoms. The van der Waals surface area contributed by atoms with Gasteiger partial charge in [0.05, 0.1) is 0 Å². The fraction of sp³-hybridized carbons (Fsp3) is 0.148. The Balaban J connectivity index is 1.55. The first-order chi connectivity index (χ1) is 13.8. The number of allylic oxidation sites excluding steroid dienone is 6. The Morgan fingerprint density at radius 2 is 1.61 bits per heavy atom. The van der Waals surface area contributed by atoms with Crippen LogP contribution in [0.5, 0.6) is 0 Å². The number of fused-ring (bicyclic) bond motifs is 1. The number of rotatable bonds is 4. The summed E-state index contributed by atoms with van der Waals surface area (Å²) in [6, 6.07) is 24.8. The summed E-state index contributed by atoms with van der Waals surface area (Å²) in [6.45, 7) is 0. The van der Waals surface area contributed by atoms with Crippen LogP contribution in [0.1, 0.15) is 34.7 Å². The Kier molecular flexibility index (Phi) is 4.29. The second-order valence-corrected chi connectivity index (χ2v) is 7.69. The molecule has 2 aliphatic rings. The highest BCUT2D eigenvalue weighted by Gasteiger charge is 2.35. The van der Waals surface area contributed by atoms with Crippen LogP contribution in [0.2, 0.25) is 0 Å². The fourth-order valence-corrected chi connectivity index (χ4v) is 4.51. The largest absolute Gasteiger partial charge is 0.293 e. The molecular weight excluding hydrogens is 340 g/mol. The molecular formula is C27H22O. The highest BCUT2D eigenvalue weighted by molar-refractivity contribution is 6.00. The van der Waals surface area contributed by atoms with Gasteiger partial charge in [0.1, 0.15) is 0 Å². The maximum atomic E-state index is 13.4. The summed E-state index contributed by atoms with van der Waals surface area (Å²) >= 11 is 0. The molecule has 1 nitrogen and oxygen atoms in total. The van der Waals surface area contributed by atoms with Gasteiger partial charge >= 0.3 is 0 Å². The van der Waals surface area contributed by atoms with Crippen LogP contribution in [0.3, 0.4) is 0 Å². The van der Waals surface area contributed by atoms with Crippen molar-refractivity contribution < 1.29 is 4.79 Å². The minimum absolute atomic E-state index is 0.111. The van der Waals surface area contributed by atoms with Crippen LogP contribution in [-0.4, -0.2) is 5.78 Å². The minimum atomic E-state index is -0.111. The molecule has 0 aliphatic heterocycles. The van der Waals surface area contributed by atoms with Crippen LogP contribution < -0.4 is 0 Å². The van der Waals surface area contributed by atoms with Gasteiger partial charge in [-0.2, -0.15) is 0 Å². The fourth-order valence-electron chi connectivity index (χ4n) is 4.51. The summed E-state index contributed by atoms with van der Waals surface area (Å²) in [5, 5.41) is 2.48. The number of carbonyl (C=O) groups is 1. The molecule has 3 aromatic rings. The van der Waals surface area contributed by atoms with E-state index in [4.69, 9.17) is 0 Å². The van der Waals surface area contributed by atoms with E-state index in [2.05, 4.69) is 66.8 Å². The molecule has 136 valence electrons. The molecule has 0 saturated heterocycles. The van der Waals surface area contributed by atoms with Gasteiger partial charge in [-0.15, -0.1) is 0 Å². The van der Waals surface area contributed by atoms with Gasteiger partial charge in [-0.1, -0.05) is 97.1 Å². The number of benzene rings is 3. The van der Waals surface area contributed by atoms with Crippen molar-refractivity contribution in [2.24, 2.45) is 5.92 Å². The van der Waals surface area contributed by atoms with Gasteiger partial charge in [-0.25, -0.2) is 0 Å². The predicted molar refractivity (Wildman–Crippen MR) is 115 cm³/mol. The second-order valence-electron chi connectivity index (χ2n) is 7.69. The molecule has 2 atom stereocenters. The van der Waals surface area contributed by atoms with E-state index in [9.17, 15) is 4.79 Å². The van der Waals surface area contributed by atoms with Gasteiger partial charge in [0.15, 0.2) is 5.78 Å². The summed E-state index contributed by atoms with van der Waals surface area (Å²) in [6.07, 6.45) is 10.6. The highest BCUT2D eigenvalue weighted by atomic mass is 16.1. The number of carbonyl (C=O) groups excluding carboxylic acids is 1. The van der Waals surface area contributed by atoms with Crippen molar-refractivity contribution >= 4 is 16.6 Å². The van der Waals surface area contributed by atoms with E-state index < -0.39 is 0 Å². The van der Waals surface area contributed by atoms with E-state index in [1.54, 1.807) is 0 Å². The maximum Gasteiger partial charge on any atom is 0.170 e. The summed E-state index contributed by atoms with van der Waals surface area (Å²) in [5.41, 5.74) is 4.74. The van der Waals surface area contributed by atoms with E-state index in [0.29, 0.717) is 0 Å². The second kappa shape index (κ2) is 7.09. The van der Waals surface area contributed by atoms with Crippen molar-refractivity contribution in [3.63, 3.8) is 0 Å². The molecule has 0 spiro atoms. The standard InChI is InChI=1S/C27H22O/c28-27(21-11-2-1-3-12-21)26-18-24(19-8-4-5-9-19)17-25(26)23-15-14-20-10-6-7-13-22(20)16-23/h1-8,10-16,18,25-26H,9,17H2. The molecule has 0 amide bonds. The predicted octanol–water partition coefficient (Wildman–Crippen LogP) is 6.64. The summed E-state index contributed by atoms with van der Waals surface area (Å²) in [4.78, 5) is 13.4. The van der Waals surface area contributed by atoms with Gasteiger partial charge in [0, 0.05) is 17.4 Å². The van der Waals surface area contributed by atoms with E-state index in [1.807, 2.05) is 30.3 Å². The molecule has 0 saturated carbocycles. The van der Waals surface area contributed by atoms with Crippen LogP contribution in [0.25, 0.3) is 10.8 Å². The summed E-state index contributed by atoms with van der Waals surface area (Å²) < 4.78 is 0. The van der Waals surface area contributed by atoms with Crippen LogP contribution in [0, 0.1) is 5.92 Å². The van der Waals surface area contributed by atoms with Gasteiger partial charge in [-0.3, -0.25) is 4.79 Å². The molecule has 3 aromatic carbocycles. The summed E-state index contributed by atoms with van der Waals surface area (Å²) in [7, 11) is 0. The molecule has 0 bridgehead atoms. The number of hydrogen-bond donors (Lipinski definition) is 0. The average molecular weight is 362 g/mol. The molecule has 0 aromatic heterocycles. The lowest BCUT2D eigenvalue weighted by molar-refractivity contribution is 0.0935. The smallest absolute Gasteiger partial charge is 0.170 e. The third kappa shape index (κ3) is 3.03. The van der Waals surface area contributed by atoms with Crippen LogP contribution in [0.15, 0.2) is 108 Å². The normalized spacial score (nSPS) is 21.0. The lowest BCUT2D eigenvalue weighted by atomic mass is 9.82. The van der Waals surface area contributed by atoms with Crippen LogP contribution in [-0.2, 0) is 0 Å². The first-order valence-corrected chi connectivity index (χ1v) is 9.94. The molecule has 0 radical (unpaired) electrons. The minimum Gasteiger partial charge on any atom is -0.293 e. The monoisotopic (exact) mass is 362 g/mol. The molecule has 0 heterocycles. The van der Waals surface area contributed by atoms with Gasteiger partial charge in [0.25, 0.3) is 0 Å². The van der Waals surface area contributed by atoms with Gasteiger partial charge in [-0.05, 0) is 40.3 Å². The third-order valence-electron chi connectivity index (χ3n) is 6.00. The third-order valence-corrected chi connectivity index (χ3v) is 6.00. The Hall–Kier alpha value is -3.19. The van der Waals surface area contributed by atoms with Crippen LogP contribution >= 0.6 is 0 Å². The quantitative estimate of drug-likeness (QED) is 0.476. The van der Waals surface area contributed by atoms with Crippen molar-refractivity contribution in [3.8, 4) is 0 Å². The number of Topliss-reactive ketones (excluding diaryl/α,β-unsaturated/α-hetero) is 1. The molecule has 5 rings (SSSR count). The van der Waals surface area contributed by atoms with E-state index >= 15 is 0 Å². The lowest BCUT2D eigenvalue weighted by Crippen LogP contribution is -2.17. The average Bonchev–Trinajstić information content (AvgIpc) is 3.43. The maximum absolute atomic E-state index is 13.4. The molecule has 28 heavy (non-hydrogen) atoms. The van der Waals surface area contributed by atoms with Crippen molar-refractivity contribution in [2.75, 3.05) is 0 Å². The molecule has 2 aliphatic carbocycles. The van der Waals surface area contributed by atoms with Gasteiger partial charge in [0.2, 0.25) is 0 Å². The Labute approximate surface area is 165 Å². The zero-order chi connectivity index (χ0) is 18.9. The number of ketones is 1. The first kappa shape index (κ1) is 16.9. The topological polar surface area (TPSA) is 17.1 Å². The van der Waals surface area contributed by atoms with E-state index in [1.165, 1.54) is 27.5 Å². The molecule has 0 N–H and O–H groups in total. The molecule has 2 unspecified atom stereocenters. The Morgan fingerprint density at radius 3 is 2.39 bits per heavy atom. The zero-order valence-corrected chi connectivity index (χ0v) is 15.7. The Morgan fingerprint density at radius 1 is 0.821 bits per heavy atom. The zero-order valence-electron chi connectivity index (χ0n) is 15.7. The SMILES string of the molecule is O=C(c1ccccc1)C1C=C(C2=CC=CC2)CC1c1ccc2ccccc2c1. The van der Waals surface area contributed by atoms with Crippen molar-refractivity contribution in [2.45, 2.75) is 18.8 Å². The molecule has 0 fully saturated rings. The van der Waals surface area contributed by atoms with Crippen molar-refractivity contribution in [1.29, 1.82) is 0 Å². The van der Waals surface area contributed by atoms with Crippen LogP contribution in [0.4, 0.5) is 0 Å². The lowest BCUT2D eigenvalue weighted by Gasteiger charge is -2.20. The first-order valence-electron chi connectivity index (χ1n) is 9.94. The van der Waals surface area contributed by atoms with E-state index in [0.717, 1.165) is 18.4 Å². The van der Waals surface area contributed by atoms with Crippen molar-refractivity contribution in [3.05, 3.63) is 119 Å². The number of hydrogen-bond acceptors (Lipinski definition) is 1. The van der Waals surface area contributed by atoms with Gasteiger partial charge < -0.3 is 0 Å². The van der Waals surface area contributed by atoms with Crippen molar-refractivity contribution in [1.82, 2.24) is 0 Å². The van der Waals surface area contributed by atoms with E-state index in [-0.39, 0.29) is 17.6 Å². The highest BCUT2D eigenvalue weighted by Crippen LogP contribution is 2.44.